The Kier molecular flexibility index (Phi) is 4.36. The molecule has 0 radical (unpaired) electrons. The van der Waals surface area contributed by atoms with Gasteiger partial charge >= 0.3 is 0 Å². The van der Waals surface area contributed by atoms with Crippen molar-refractivity contribution in [2.75, 3.05) is 4.90 Å². The lowest BCUT2D eigenvalue weighted by molar-refractivity contribution is -0.110. The molecule has 2 amide bonds. The van der Waals surface area contributed by atoms with Gasteiger partial charge in [0.1, 0.15) is 5.82 Å². The van der Waals surface area contributed by atoms with Crippen LogP contribution in [0, 0.1) is 5.82 Å². The molecule has 1 fully saturated rings. The van der Waals surface area contributed by atoms with Gasteiger partial charge in [-0.25, -0.2) is 9.37 Å². The molecule has 2 heterocycles. The van der Waals surface area contributed by atoms with Crippen molar-refractivity contribution in [1.82, 2.24) is 15.3 Å². The molecule has 1 unspecified atom stereocenters. The Bertz CT molecular complexity index is 1500. The monoisotopic (exact) mass is 476 g/mol. The molecule has 9 heteroatoms. The van der Waals surface area contributed by atoms with E-state index in [2.05, 4.69) is 15.3 Å². The molecular formula is C25H18ClFN4O3. The third-order valence-electron chi connectivity index (χ3n) is 6.65. The van der Waals surface area contributed by atoms with Crippen LogP contribution >= 0.6 is 11.6 Å². The number of fused-ring (bicyclic) bond motifs is 2. The zero-order valence-corrected chi connectivity index (χ0v) is 18.4. The van der Waals surface area contributed by atoms with Crippen LogP contribution < -0.4 is 10.2 Å². The highest BCUT2D eigenvalue weighted by Gasteiger charge is 2.52. The quantitative estimate of drug-likeness (QED) is 0.380. The van der Waals surface area contributed by atoms with E-state index < -0.39 is 23.0 Å². The molecule has 0 spiro atoms. The molecule has 3 aromatic carbocycles. The fourth-order valence-electron chi connectivity index (χ4n) is 4.74. The van der Waals surface area contributed by atoms with E-state index in [4.69, 9.17) is 11.6 Å². The van der Waals surface area contributed by atoms with E-state index in [0.29, 0.717) is 34.4 Å². The van der Waals surface area contributed by atoms with Gasteiger partial charge in [-0.3, -0.25) is 14.5 Å². The lowest BCUT2D eigenvalue weighted by Crippen LogP contribution is -2.45. The van der Waals surface area contributed by atoms with E-state index in [1.54, 1.807) is 42.5 Å². The van der Waals surface area contributed by atoms with Crippen LogP contribution in [-0.2, 0) is 16.1 Å². The number of imidazole rings is 1. The van der Waals surface area contributed by atoms with Gasteiger partial charge < -0.3 is 15.4 Å². The lowest BCUT2D eigenvalue weighted by Gasteiger charge is -2.35. The van der Waals surface area contributed by atoms with Crippen LogP contribution in [0.1, 0.15) is 40.2 Å². The summed E-state index contributed by atoms with van der Waals surface area (Å²) in [5.41, 5.74) is -0.431. The van der Waals surface area contributed by atoms with Gasteiger partial charge in [0.15, 0.2) is 11.5 Å². The highest BCUT2D eigenvalue weighted by Crippen LogP contribution is 2.47. The number of aliphatic hydroxyl groups is 1. The van der Waals surface area contributed by atoms with Crippen molar-refractivity contribution in [3.8, 4) is 0 Å². The highest BCUT2D eigenvalue weighted by molar-refractivity contribution is 6.31. The number of anilines is 1. The van der Waals surface area contributed by atoms with Gasteiger partial charge in [-0.15, -0.1) is 0 Å². The first-order chi connectivity index (χ1) is 16.4. The van der Waals surface area contributed by atoms with E-state index in [-0.39, 0.29) is 16.3 Å². The van der Waals surface area contributed by atoms with Crippen molar-refractivity contribution in [2.45, 2.75) is 24.1 Å². The number of nitrogens with one attached hydrogen (secondary N) is 2. The number of benzene rings is 3. The molecule has 170 valence electrons. The first kappa shape index (κ1) is 20.8. The van der Waals surface area contributed by atoms with Crippen LogP contribution in [-0.4, -0.2) is 27.4 Å². The number of amides is 2. The molecule has 0 bridgehead atoms. The molecule has 1 saturated carbocycles. The number of rotatable bonds is 5. The summed E-state index contributed by atoms with van der Waals surface area (Å²) in [6, 6.07) is 16.0. The average Bonchev–Trinajstić information content (AvgIpc) is 3.43. The maximum absolute atomic E-state index is 15.1. The van der Waals surface area contributed by atoms with Gasteiger partial charge in [0.2, 0.25) is 6.41 Å². The van der Waals surface area contributed by atoms with Crippen LogP contribution in [0.2, 0.25) is 5.02 Å². The number of halogens is 2. The maximum Gasteiger partial charge on any atom is 0.261 e. The summed E-state index contributed by atoms with van der Waals surface area (Å²) in [7, 11) is 0. The summed E-state index contributed by atoms with van der Waals surface area (Å²) < 4.78 is 15.1. The van der Waals surface area contributed by atoms with Gasteiger partial charge in [0.05, 0.1) is 27.3 Å². The van der Waals surface area contributed by atoms with E-state index in [1.807, 2.05) is 0 Å². The Morgan fingerprint density at radius 1 is 1.15 bits per heavy atom. The number of hydrogen-bond acceptors (Lipinski definition) is 4. The smallest absolute Gasteiger partial charge is 0.261 e. The number of nitrogens with zero attached hydrogens (tertiary/aromatic N) is 2. The van der Waals surface area contributed by atoms with Crippen molar-refractivity contribution in [3.63, 3.8) is 0 Å². The van der Waals surface area contributed by atoms with Gasteiger partial charge in [-0.1, -0.05) is 41.9 Å². The standard InChI is InChI=1S/C25H18ClFN4O3/c26-17-6-3-7-20(21(17)27)31-22(33)15-4-1-2-5-16(15)25(31,34)14-8-9-18-19(12-14)30-23(29-18)24(10-11-24)28-13-32/h1-9,12-13,34H,10-11H2,(H,28,32)(H,29,30). The number of carbonyl (C=O) groups excluding carboxylic acids is 2. The molecule has 3 N–H and O–H groups in total. The highest BCUT2D eigenvalue weighted by atomic mass is 35.5. The first-order valence-electron chi connectivity index (χ1n) is 10.7. The van der Waals surface area contributed by atoms with Gasteiger partial charge in [0, 0.05) is 16.7 Å². The molecule has 1 atom stereocenters. The second-order valence-corrected chi connectivity index (χ2v) is 9.00. The van der Waals surface area contributed by atoms with E-state index in [0.717, 1.165) is 17.7 Å². The Balaban J connectivity index is 1.55. The fourth-order valence-corrected chi connectivity index (χ4v) is 4.90. The molecule has 34 heavy (non-hydrogen) atoms. The van der Waals surface area contributed by atoms with Gasteiger partial charge in [0.25, 0.3) is 5.91 Å². The number of H-pyrrole nitrogens is 1. The second-order valence-electron chi connectivity index (χ2n) is 8.59. The molecule has 2 aliphatic rings. The first-order valence-corrected chi connectivity index (χ1v) is 11.1. The summed E-state index contributed by atoms with van der Waals surface area (Å²) in [5, 5.41) is 14.8. The van der Waals surface area contributed by atoms with E-state index in [1.165, 1.54) is 18.2 Å². The summed E-state index contributed by atoms with van der Waals surface area (Å²) >= 11 is 6.01. The molecular weight excluding hydrogens is 459 g/mol. The van der Waals surface area contributed by atoms with Gasteiger partial charge in [-0.2, -0.15) is 0 Å². The normalized spacial score (nSPS) is 20.4. The predicted molar refractivity (Wildman–Crippen MR) is 124 cm³/mol. The number of hydrogen-bond donors (Lipinski definition) is 3. The third-order valence-corrected chi connectivity index (χ3v) is 6.95. The Hall–Kier alpha value is -3.75. The van der Waals surface area contributed by atoms with Crippen molar-refractivity contribution in [3.05, 3.63) is 94.0 Å². The Morgan fingerprint density at radius 3 is 2.71 bits per heavy atom. The molecule has 6 rings (SSSR count). The van der Waals surface area contributed by atoms with Crippen LogP contribution in [0.15, 0.2) is 60.7 Å². The third kappa shape index (κ3) is 2.76. The molecule has 7 nitrogen and oxygen atoms in total. The molecule has 1 aromatic heterocycles. The largest absolute Gasteiger partial charge is 0.363 e. The maximum atomic E-state index is 15.1. The summed E-state index contributed by atoms with van der Waals surface area (Å²) in [6.45, 7) is 0. The summed E-state index contributed by atoms with van der Waals surface area (Å²) in [5.74, 6) is -0.722. The van der Waals surface area contributed by atoms with Gasteiger partial charge in [-0.05, 0) is 43.2 Å². The zero-order valence-electron chi connectivity index (χ0n) is 17.7. The molecule has 0 saturated heterocycles. The topological polar surface area (TPSA) is 98.3 Å². The number of aromatic nitrogens is 2. The molecule has 4 aromatic rings. The lowest BCUT2D eigenvalue weighted by atomic mass is 9.93. The fraction of sp³-hybridized carbons (Fsp3) is 0.160. The minimum absolute atomic E-state index is 0.131. The van der Waals surface area contributed by atoms with Crippen LogP contribution in [0.3, 0.4) is 0 Å². The van der Waals surface area contributed by atoms with E-state index >= 15 is 4.39 Å². The minimum Gasteiger partial charge on any atom is -0.363 e. The summed E-state index contributed by atoms with van der Waals surface area (Å²) in [6.07, 6.45) is 2.20. The number of carbonyl (C=O) groups is 2. The summed E-state index contributed by atoms with van der Waals surface area (Å²) in [4.78, 5) is 33.3. The predicted octanol–water partition coefficient (Wildman–Crippen LogP) is 3.94. The number of aromatic amines is 1. The van der Waals surface area contributed by atoms with Crippen LogP contribution in [0.25, 0.3) is 11.0 Å². The SMILES string of the molecule is O=CNC1(c2nc3ccc(C4(O)c5ccccc5C(=O)N4c4cccc(Cl)c4F)cc3[nH]2)CC1. The van der Waals surface area contributed by atoms with Crippen molar-refractivity contribution in [2.24, 2.45) is 0 Å². The minimum atomic E-state index is -1.99. The van der Waals surface area contributed by atoms with E-state index in [9.17, 15) is 14.7 Å². The van der Waals surface area contributed by atoms with Crippen LogP contribution in [0.4, 0.5) is 10.1 Å². The second kappa shape index (κ2) is 7.12. The van der Waals surface area contributed by atoms with Crippen molar-refractivity contribution < 1.29 is 19.1 Å². The van der Waals surface area contributed by atoms with Crippen molar-refractivity contribution >= 4 is 40.6 Å². The van der Waals surface area contributed by atoms with Crippen LogP contribution in [0.5, 0.6) is 0 Å². The Labute approximate surface area is 198 Å². The molecule has 1 aliphatic carbocycles. The molecule has 1 aliphatic heterocycles. The Morgan fingerprint density at radius 2 is 1.94 bits per heavy atom. The average molecular weight is 477 g/mol. The zero-order chi connectivity index (χ0) is 23.7. The van der Waals surface area contributed by atoms with Crippen molar-refractivity contribution in [1.29, 1.82) is 0 Å².